The molecule has 0 aromatic heterocycles. The van der Waals surface area contributed by atoms with Crippen LogP contribution in [0.15, 0.2) is 0 Å². The Labute approximate surface area is 90.6 Å². The molecule has 1 atom stereocenters. The highest BCUT2D eigenvalue weighted by Gasteiger charge is 2.39. The van der Waals surface area contributed by atoms with Crippen molar-refractivity contribution in [2.75, 3.05) is 6.61 Å². The number of rotatable bonds is 3. The summed E-state index contributed by atoms with van der Waals surface area (Å²) < 4.78 is 11.2. The first kappa shape index (κ1) is 12.5. The first-order valence-electron chi connectivity index (χ1n) is 5.26. The van der Waals surface area contributed by atoms with Gasteiger partial charge in [0, 0.05) is 5.41 Å². The molecule has 0 amide bonds. The van der Waals surface area contributed by atoms with Crippen molar-refractivity contribution in [1.29, 1.82) is 0 Å². The van der Waals surface area contributed by atoms with Crippen LogP contribution in [0.2, 0.25) is 0 Å². The Balaban J connectivity index is 2.66. The molecule has 15 heavy (non-hydrogen) atoms. The fourth-order valence-corrected chi connectivity index (χ4v) is 1.90. The summed E-state index contributed by atoms with van der Waals surface area (Å²) in [4.78, 5) is 10.7. The molecule has 1 saturated heterocycles. The summed E-state index contributed by atoms with van der Waals surface area (Å²) in [6, 6.07) is 0. The van der Waals surface area contributed by atoms with E-state index in [-0.39, 0.29) is 17.9 Å². The molecule has 1 N–H and O–H groups in total. The number of hydrogen-bond acceptors (Lipinski definition) is 3. The second-order valence-corrected chi connectivity index (χ2v) is 5.20. The topological polar surface area (TPSA) is 55.8 Å². The van der Waals surface area contributed by atoms with Crippen molar-refractivity contribution in [3.05, 3.63) is 0 Å². The standard InChI is InChI=1S/C11H20O4/c1-10(2,7-9(12)13)8-5-6-14-11(3,4)15-8/h8H,5-7H2,1-4H3,(H,12,13). The summed E-state index contributed by atoms with van der Waals surface area (Å²) in [5.41, 5.74) is -0.354. The molecule has 0 aromatic carbocycles. The minimum absolute atomic E-state index is 0.0580. The van der Waals surface area contributed by atoms with Crippen LogP contribution in [0.4, 0.5) is 0 Å². The third-order valence-electron chi connectivity index (χ3n) is 2.73. The Bertz CT molecular complexity index is 245. The van der Waals surface area contributed by atoms with E-state index in [1.54, 1.807) is 0 Å². The second-order valence-electron chi connectivity index (χ2n) is 5.20. The molecule has 1 unspecified atom stereocenters. The molecular formula is C11H20O4. The lowest BCUT2D eigenvalue weighted by atomic mass is 9.81. The lowest BCUT2D eigenvalue weighted by Crippen LogP contribution is -2.46. The number of carboxylic acid groups (broad SMARTS) is 1. The summed E-state index contributed by atoms with van der Waals surface area (Å²) in [5, 5.41) is 8.82. The molecule has 1 aliphatic rings. The minimum Gasteiger partial charge on any atom is -0.481 e. The summed E-state index contributed by atoms with van der Waals surface area (Å²) in [6.07, 6.45) is 0.814. The predicted octanol–water partition coefficient (Wildman–Crippen LogP) is 2.03. The molecule has 0 aromatic rings. The van der Waals surface area contributed by atoms with Gasteiger partial charge in [-0.1, -0.05) is 13.8 Å². The summed E-state index contributed by atoms with van der Waals surface area (Å²) in [7, 11) is 0. The van der Waals surface area contributed by atoms with E-state index in [1.165, 1.54) is 0 Å². The van der Waals surface area contributed by atoms with Gasteiger partial charge in [0.05, 0.1) is 19.1 Å². The van der Waals surface area contributed by atoms with Gasteiger partial charge in [0.15, 0.2) is 5.79 Å². The fourth-order valence-electron chi connectivity index (χ4n) is 1.90. The zero-order valence-corrected chi connectivity index (χ0v) is 9.87. The molecule has 1 fully saturated rings. The van der Waals surface area contributed by atoms with Crippen LogP contribution in [-0.4, -0.2) is 29.6 Å². The van der Waals surface area contributed by atoms with E-state index in [9.17, 15) is 4.79 Å². The molecule has 1 aliphatic heterocycles. The molecule has 0 bridgehead atoms. The first-order chi connectivity index (χ1) is 6.73. The minimum atomic E-state index is -0.784. The molecule has 4 heteroatoms. The van der Waals surface area contributed by atoms with Gasteiger partial charge >= 0.3 is 5.97 Å². The zero-order valence-electron chi connectivity index (χ0n) is 9.87. The highest BCUT2D eigenvalue weighted by atomic mass is 16.7. The van der Waals surface area contributed by atoms with Crippen LogP contribution >= 0.6 is 0 Å². The molecule has 88 valence electrons. The Morgan fingerprint density at radius 3 is 2.60 bits per heavy atom. The average Bonchev–Trinajstić information content (AvgIpc) is 1.99. The molecule has 0 saturated carbocycles. The SMILES string of the molecule is CC1(C)OCCC(C(C)(C)CC(=O)O)O1. The van der Waals surface area contributed by atoms with E-state index >= 15 is 0 Å². The molecule has 0 aliphatic carbocycles. The van der Waals surface area contributed by atoms with Crippen molar-refractivity contribution in [1.82, 2.24) is 0 Å². The highest BCUT2D eigenvalue weighted by molar-refractivity contribution is 5.67. The first-order valence-corrected chi connectivity index (χ1v) is 5.26. The van der Waals surface area contributed by atoms with Crippen LogP contribution in [0.3, 0.4) is 0 Å². The lowest BCUT2D eigenvalue weighted by Gasteiger charge is -2.42. The maximum Gasteiger partial charge on any atom is 0.303 e. The monoisotopic (exact) mass is 216 g/mol. The van der Waals surface area contributed by atoms with Crippen molar-refractivity contribution >= 4 is 5.97 Å². The Hall–Kier alpha value is -0.610. The van der Waals surface area contributed by atoms with Crippen molar-refractivity contribution in [2.24, 2.45) is 5.41 Å². The largest absolute Gasteiger partial charge is 0.481 e. The Morgan fingerprint density at radius 2 is 2.13 bits per heavy atom. The van der Waals surface area contributed by atoms with Gasteiger partial charge in [0.1, 0.15) is 0 Å². The number of aliphatic carboxylic acids is 1. The van der Waals surface area contributed by atoms with Crippen molar-refractivity contribution in [2.45, 2.75) is 52.4 Å². The summed E-state index contributed by atoms with van der Waals surface area (Å²) >= 11 is 0. The van der Waals surface area contributed by atoms with Crippen LogP contribution in [0, 0.1) is 5.41 Å². The number of ether oxygens (including phenoxy) is 2. The molecule has 1 rings (SSSR count). The van der Waals surface area contributed by atoms with E-state index in [1.807, 2.05) is 27.7 Å². The van der Waals surface area contributed by atoms with Gasteiger partial charge < -0.3 is 14.6 Å². The van der Waals surface area contributed by atoms with Gasteiger partial charge in [-0.2, -0.15) is 0 Å². The van der Waals surface area contributed by atoms with Crippen LogP contribution in [0.1, 0.15) is 40.5 Å². The highest BCUT2D eigenvalue weighted by Crippen LogP contribution is 2.35. The van der Waals surface area contributed by atoms with E-state index in [0.29, 0.717) is 6.61 Å². The number of hydrogen-bond donors (Lipinski definition) is 1. The maximum absolute atomic E-state index is 10.7. The lowest BCUT2D eigenvalue weighted by molar-refractivity contribution is -0.292. The average molecular weight is 216 g/mol. The second kappa shape index (κ2) is 4.10. The van der Waals surface area contributed by atoms with Crippen LogP contribution in [0.5, 0.6) is 0 Å². The van der Waals surface area contributed by atoms with Crippen molar-refractivity contribution in [3.63, 3.8) is 0 Å². The van der Waals surface area contributed by atoms with Gasteiger partial charge in [-0.05, 0) is 20.3 Å². The fraction of sp³-hybridized carbons (Fsp3) is 0.909. The maximum atomic E-state index is 10.7. The zero-order chi connectivity index (χ0) is 11.7. The summed E-state index contributed by atoms with van der Waals surface area (Å²) in [6.45, 7) is 8.19. The van der Waals surface area contributed by atoms with Crippen LogP contribution in [0.25, 0.3) is 0 Å². The van der Waals surface area contributed by atoms with Gasteiger partial charge in [-0.25, -0.2) is 0 Å². The molecular weight excluding hydrogens is 196 g/mol. The third-order valence-corrected chi connectivity index (χ3v) is 2.73. The number of carboxylic acids is 1. The predicted molar refractivity (Wildman–Crippen MR) is 55.6 cm³/mol. The molecule has 0 radical (unpaired) electrons. The van der Waals surface area contributed by atoms with Crippen LogP contribution < -0.4 is 0 Å². The van der Waals surface area contributed by atoms with Gasteiger partial charge in [0.25, 0.3) is 0 Å². The smallest absolute Gasteiger partial charge is 0.303 e. The molecule has 4 nitrogen and oxygen atoms in total. The van der Waals surface area contributed by atoms with E-state index < -0.39 is 11.8 Å². The van der Waals surface area contributed by atoms with Gasteiger partial charge in [0.2, 0.25) is 0 Å². The van der Waals surface area contributed by atoms with Crippen molar-refractivity contribution < 1.29 is 19.4 Å². The quantitative estimate of drug-likeness (QED) is 0.784. The number of carbonyl (C=O) groups is 1. The Kier molecular flexibility index (Phi) is 3.41. The van der Waals surface area contributed by atoms with Crippen LogP contribution in [-0.2, 0) is 14.3 Å². The van der Waals surface area contributed by atoms with E-state index in [0.717, 1.165) is 6.42 Å². The molecule has 1 heterocycles. The normalized spacial score (nSPS) is 26.3. The van der Waals surface area contributed by atoms with Gasteiger partial charge in [-0.15, -0.1) is 0 Å². The third kappa shape index (κ3) is 3.47. The van der Waals surface area contributed by atoms with Crippen molar-refractivity contribution in [3.8, 4) is 0 Å². The van der Waals surface area contributed by atoms with E-state index in [2.05, 4.69) is 0 Å². The summed E-state index contributed by atoms with van der Waals surface area (Å²) in [5.74, 6) is -1.38. The van der Waals surface area contributed by atoms with E-state index in [4.69, 9.17) is 14.6 Å². The molecule has 0 spiro atoms. The van der Waals surface area contributed by atoms with Gasteiger partial charge in [-0.3, -0.25) is 4.79 Å². The Morgan fingerprint density at radius 1 is 1.53 bits per heavy atom.